The van der Waals surface area contributed by atoms with E-state index in [9.17, 15) is 9.59 Å². The zero-order valence-corrected chi connectivity index (χ0v) is 13.4. The highest BCUT2D eigenvalue weighted by atomic mass is 35.5. The van der Waals surface area contributed by atoms with Crippen molar-refractivity contribution in [2.24, 2.45) is 5.92 Å². The molecule has 7 heteroatoms. The fourth-order valence-electron chi connectivity index (χ4n) is 2.08. The maximum atomic E-state index is 12.3. The van der Waals surface area contributed by atoms with Crippen molar-refractivity contribution in [2.45, 2.75) is 19.9 Å². The first-order valence-corrected chi connectivity index (χ1v) is 7.38. The lowest BCUT2D eigenvalue weighted by atomic mass is 9.96. The van der Waals surface area contributed by atoms with Gasteiger partial charge in [0.25, 0.3) is 5.91 Å². The number of aromatic nitrogens is 2. The van der Waals surface area contributed by atoms with Crippen molar-refractivity contribution in [1.29, 1.82) is 0 Å². The van der Waals surface area contributed by atoms with Gasteiger partial charge in [0.1, 0.15) is 5.69 Å². The van der Waals surface area contributed by atoms with Gasteiger partial charge in [0.2, 0.25) is 0 Å². The molecule has 1 atom stereocenters. The van der Waals surface area contributed by atoms with Gasteiger partial charge in [-0.15, -0.1) is 0 Å². The van der Waals surface area contributed by atoms with Crippen molar-refractivity contribution < 1.29 is 14.7 Å². The molecule has 6 nitrogen and oxygen atoms in total. The SMILES string of the molecule is CC(C)C(NC(=O)c1cnc(C(=O)O)cn1)c1ccc(Cl)cc1. The normalized spacial score (nSPS) is 12.0. The fraction of sp³-hybridized carbons (Fsp3) is 0.250. The monoisotopic (exact) mass is 333 g/mol. The minimum atomic E-state index is -1.19. The molecule has 0 fully saturated rings. The molecule has 1 amide bonds. The number of carboxylic acids is 1. The number of hydrogen-bond acceptors (Lipinski definition) is 4. The molecule has 1 aromatic heterocycles. The van der Waals surface area contributed by atoms with Gasteiger partial charge >= 0.3 is 5.97 Å². The molecule has 0 saturated carbocycles. The summed E-state index contributed by atoms with van der Waals surface area (Å²) in [5, 5.41) is 12.3. The third-order valence-electron chi connectivity index (χ3n) is 3.29. The van der Waals surface area contributed by atoms with Crippen molar-refractivity contribution in [1.82, 2.24) is 15.3 Å². The summed E-state index contributed by atoms with van der Waals surface area (Å²) >= 11 is 5.88. The second kappa shape index (κ2) is 7.19. The van der Waals surface area contributed by atoms with E-state index < -0.39 is 11.9 Å². The van der Waals surface area contributed by atoms with E-state index in [1.165, 1.54) is 0 Å². The smallest absolute Gasteiger partial charge is 0.356 e. The minimum Gasteiger partial charge on any atom is -0.476 e. The number of halogens is 1. The Morgan fingerprint density at radius 1 is 1.09 bits per heavy atom. The number of aromatic carboxylic acids is 1. The quantitative estimate of drug-likeness (QED) is 0.877. The van der Waals surface area contributed by atoms with Gasteiger partial charge in [0.15, 0.2) is 5.69 Å². The van der Waals surface area contributed by atoms with Crippen LogP contribution in [0, 0.1) is 5.92 Å². The summed E-state index contributed by atoms with van der Waals surface area (Å²) in [6.45, 7) is 3.97. The Kier molecular flexibility index (Phi) is 5.28. The van der Waals surface area contributed by atoms with E-state index in [-0.39, 0.29) is 23.3 Å². The standard InChI is InChI=1S/C16H16ClN3O3/c1-9(2)14(10-3-5-11(17)6-4-10)20-15(21)12-7-19-13(8-18-12)16(22)23/h3-9,14H,1-2H3,(H,20,21)(H,22,23). The molecule has 2 rings (SSSR count). The van der Waals surface area contributed by atoms with Crippen LogP contribution in [-0.2, 0) is 0 Å². The fourth-order valence-corrected chi connectivity index (χ4v) is 2.20. The van der Waals surface area contributed by atoms with Gasteiger partial charge in [0, 0.05) is 5.02 Å². The van der Waals surface area contributed by atoms with Gasteiger partial charge in [-0.3, -0.25) is 4.79 Å². The van der Waals surface area contributed by atoms with E-state index in [0.717, 1.165) is 18.0 Å². The molecular formula is C16H16ClN3O3. The summed E-state index contributed by atoms with van der Waals surface area (Å²) in [5.74, 6) is -1.46. The first-order valence-electron chi connectivity index (χ1n) is 7.00. The summed E-state index contributed by atoms with van der Waals surface area (Å²) in [7, 11) is 0. The van der Waals surface area contributed by atoms with Gasteiger partial charge < -0.3 is 10.4 Å². The maximum absolute atomic E-state index is 12.3. The molecule has 0 bridgehead atoms. The zero-order valence-electron chi connectivity index (χ0n) is 12.7. The first-order chi connectivity index (χ1) is 10.9. The number of amides is 1. The highest BCUT2D eigenvalue weighted by Gasteiger charge is 2.20. The van der Waals surface area contributed by atoms with Crippen molar-refractivity contribution >= 4 is 23.5 Å². The van der Waals surface area contributed by atoms with E-state index in [1.807, 2.05) is 26.0 Å². The largest absolute Gasteiger partial charge is 0.476 e. The minimum absolute atomic E-state index is 0.0645. The van der Waals surface area contributed by atoms with E-state index in [2.05, 4.69) is 15.3 Å². The van der Waals surface area contributed by atoms with E-state index in [1.54, 1.807) is 12.1 Å². The molecule has 120 valence electrons. The van der Waals surface area contributed by atoms with Crippen molar-refractivity contribution in [3.05, 3.63) is 58.6 Å². The number of carboxylic acid groups (broad SMARTS) is 1. The van der Waals surface area contributed by atoms with E-state index >= 15 is 0 Å². The van der Waals surface area contributed by atoms with Gasteiger partial charge in [-0.2, -0.15) is 0 Å². The molecule has 1 heterocycles. The Labute approximate surface area is 138 Å². The summed E-state index contributed by atoms with van der Waals surface area (Å²) in [6.07, 6.45) is 2.21. The van der Waals surface area contributed by atoms with Crippen LogP contribution in [0.25, 0.3) is 0 Å². The van der Waals surface area contributed by atoms with Crippen molar-refractivity contribution in [3.63, 3.8) is 0 Å². The van der Waals surface area contributed by atoms with Crippen LogP contribution in [0.1, 0.15) is 46.4 Å². The predicted molar refractivity (Wildman–Crippen MR) is 85.5 cm³/mol. The molecule has 0 spiro atoms. The molecule has 1 unspecified atom stereocenters. The molecule has 2 N–H and O–H groups in total. The number of carbonyl (C=O) groups is 2. The van der Waals surface area contributed by atoms with Crippen LogP contribution in [0.3, 0.4) is 0 Å². The number of hydrogen-bond donors (Lipinski definition) is 2. The van der Waals surface area contributed by atoms with Crippen molar-refractivity contribution in [2.75, 3.05) is 0 Å². The highest BCUT2D eigenvalue weighted by molar-refractivity contribution is 6.30. The van der Waals surface area contributed by atoms with E-state index in [0.29, 0.717) is 5.02 Å². The lowest BCUT2D eigenvalue weighted by Gasteiger charge is -2.22. The van der Waals surface area contributed by atoms with Crippen LogP contribution in [0.5, 0.6) is 0 Å². The summed E-state index contributed by atoms with van der Waals surface area (Å²) < 4.78 is 0. The Morgan fingerprint density at radius 2 is 1.65 bits per heavy atom. The highest BCUT2D eigenvalue weighted by Crippen LogP contribution is 2.23. The summed E-state index contributed by atoms with van der Waals surface area (Å²) in [6, 6.07) is 7.01. The molecule has 2 aromatic rings. The molecule has 23 heavy (non-hydrogen) atoms. The van der Waals surface area contributed by atoms with Crippen LogP contribution in [0.4, 0.5) is 0 Å². The molecule has 0 radical (unpaired) electrons. The Balaban J connectivity index is 2.17. The van der Waals surface area contributed by atoms with Gasteiger partial charge in [0.05, 0.1) is 18.4 Å². The lowest BCUT2D eigenvalue weighted by molar-refractivity contribution is 0.0689. The number of nitrogens with one attached hydrogen (secondary N) is 1. The number of rotatable bonds is 5. The maximum Gasteiger partial charge on any atom is 0.356 e. The number of nitrogens with zero attached hydrogens (tertiary/aromatic N) is 2. The average Bonchev–Trinajstić information content (AvgIpc) is 2.53. The molecular weight excluding hydrogens is 318 g/mol. The Morgan fingerprint density at radius 3 is 2.13 bits per heavy atom. The third kappa shape index (κ3) is 4.26. The topological polar surface area (TPSA) is 92.2 Å². The Hall–Kier alpha value is -2.47. The summed E-state index contributed by atoms with van der Waals surface area (Å²) in [4.78, 5) is 30.6. The lowest BCUT2D eigenvalue weighted by Crippen LogP contribution is -2.32. The number of carbonyl (C=O) groups excluding carboxylic acids is 1. The Bertz CT molecular complexity index is 700. The molecule has 0 aliphatic carbocycles. The van der Waals surface area contributed by atoms with Crippen LogP contribution in [0.15, 0.2) is 36.7 Å². The third-order valence-corrected chi connectivity index (χ3v) is 3.54. The van der Waals surface area contributed by atoms with E-state index in [4.69, 9.17) is 16.7 Å². The molecule has 0 saturated heterocycles. The van der Waals surface area contributed by atoms with Crippen molar-refractivity contribution in [3.8, 4) is 0 Å². The van der Waals surface area contributed by atoms with Crippen LogP contribution in [0.2, 0.25) is 5.02 Å². The first kappa shape index (κ1) is 16.9. The van der Waals surface area contributed by atoms with Crippen LogP contribution < -0.4 is 5.32 Å². The van der Waals surface area contributed by atoms with Gasteiger partial charge in [-0.1, -0.05) is 37.6 Å². The molecule has 0 aliphatic rings. The average molecular weight is 334 g/mol. The summed E-state index contributed by atoms with van der Waals surface area (Å²) in [5.41, 5.74) is 0.780. The molecule has 1 aromatic carbocycles. The second-order valence-corrected chi connectivity index (χ2v) is 5.78. The second-order valence-electron chi connectivity index (χ2n) is 5.34. The number of benzene rings is 1. The predicted octanol–water partition coefficient (Wildman–Crippen LogP) is 2.96. The zero-order chi connectivity index (χ0) is 17.0. The molecule has 0 aliphatic heterocycles. The van der Waals surface area contributed by atoms with Gasteiger partial charge in [-0.05, 0) is 23.6 Å². The van der Waals surface area contributed by atoms with Gasteiger partial charge in [-0.25, -0.2) is 14.8 Å². The van der Waals surface area contributed by atoms with Crippen LogP contribution in [-0.4, -0.2) is 27.0 Å². The van der Waals surface area contributed by atoms with Crippen LogP contribution >= 0.6 is 11.6 Å².